The van der Waals surface area contributed by atoms with E-state index in [1.165, 1.54) is 0 Å². The molecule has 1 aliphatic carbocycles. The molecule has 150 valence electrons. The summed E-state index contributed by atoms with van der Waals surface area (Å²) in [6.45, 7) is 9.50. The van der Waals surface area contributed by atoms with Gasteiger partial charge in [-0.15, -0.1) is 0 Å². The van der Waals surface area contributed by atoms with Crippen LogP contribution in [0.25, 0.3) is 0 Å². The monoisotopic (exact) mass is 440 g/mol. The zero-order valence-corrected chi connectivity index (χ0v) is 18.2. The molecule has 3 N–H and O–H groups in total. The summed E-state index contributed by atoms with van der Waals surface area (Å²) in [5.41, 5.74) is 1.17. The lowest BCUT2D eigenvalue weighted by Gasteiger charge is -2.39. The molecule has 1 fully saturated rings. The first kappa shape index (κ1) is 21.5. The van der Waals surface area contributed by atoms with Crippen molar-refractivity contribution < 1.29 is 19.4 Å². The van der Waals surface area contributed by atoms with E-state index in [1.807, 2.05) is 33.8 Å². The van der Waals surface area contributed by atoms with Crippen molar-refractivity contribution >= 4 is 33.7 Å². The number of amides is 1. The Kier molecular flexibility index (Phi) is 6.45. The molecular weight excluding hydrogens is 412 g/mol. The summed E-state index contributed by atoms with van der Waals surface area (Å²) in [7, 11) is 0. The SMILES string of the molecule is Cc1c(NC2(C)CCC(NC(=O)OC(C)(C)C)CC2)cc(Br)cc1C(=O)O. The molecule has 1 aromatic carbocycles. The molecule has 1 saturated carbocycles. The van der Waals surface area contributed by atoms with Gasteiger partial charge in [-0.2, -0.15) is 0 Å². The van der Waals surface area contributed by atoms with E-state index in [0.29, 0.717) is 0 Å². The third-order valence-electron chi connectivity index (χ3n) is 4.85. The molecule has 1 aliphatic rings. The van der Waals surface area contributed by atoms with Gasteiger partial charge in [-0.05, 0) is 78.0 Å². The highest BCUT2D eigenvalue weighted by molar-refractivity contribution is 9.10. The van der Waals surface area contributed by atoms with Gasteiger partial charge in [0.1, 0.15) is 5.60 Å². The molecule has 0 spiro atoms. The Labute approximate surface area is 169 Å². The van der Waals surface area contributed by atoms with Crippen molar-refractivity contribution in [3.8, 4) is 0 Å². The van der Waals surface area contributed by atoms with E-state index in [0.717, 1.165) is 41.4 Å². The summed E-state index contributed by atoms with van der Waals surface area (Å²) in [4.78, 5) is 23.4. The molecule has 0 aromatic heterocycles. The van der Waals surface area contributed by atoms with Crippen molar-refractivity contribution in [2.75, 3.05) is 5.32 Å². The average Bonchev–Trinajstić information content (AvgIpc) is 2.51. The van der Waals surface area contributed by atoms with E-state index in [1.54, 1.807) is 6.07 Å². The van der Waals surface area contributed by atoms with Gasteiger partial charge in [-0.1, -0.05) is 15.9 Å². The summed E-state index contributed by atoms with van der Waals surface area (Å²) >= 11 is 3.39. The van der Waals surface area contributed by atoms with Crippen LogP contribution in [0.1, 0.15) is 69.3 Å². The number of anilines is 1. The van der Waals surface area contributed by atoms with Crippen LogP contribution in [0.5, 0.6) is 0 Å². The number of alkyl carbamates (subject to hydrolysis) is 1. The highest BCUT2D eigenvalue weighted by atomic mass is 79.9. The molecule has 2 rings (SSSR count). The minimum atomic E-state index is -0.938. The van der Waals surface area contributed by atoms with Gasteiger partial charge in [-0.25, -0.2) is 9.59 Å². The number of hydrogen-bond donors (Lipinski definition) is 3. The first-order valence-corrected chi connectivity index (χ1v) is 9.99. The molecule has 0 heterocycles. The maximum Gasteiger partial charge on any atom is 0.407 e. The van der Waals surface area contributed by atoms with Crippen molar-refractivity contribution in [3.05, 3.63) is 27.7 Å². The van der Waals surface area contributed by atoms with E-state index >= 15 is 0 Å². The van der Waals surface area contributed by atoms with Crippen molar-refractivity contribution in [2.45, 2.75) is 77.5 Å². The molecule has 0 atom stereocenters. The summed E-state index contributed by atoms with van der Waals surface area (Å²) in [6, 6.07) is 3.62. The van der Waals surface area contributed by atoms with Crippen LogP contribution in [0.4, 0.5) is 10.5 Å². The lowest BCUT2D eigenvalue weighted by atomic mass is 9.80. The number of carbonyl (C=O) groups excluding carboxylic acids is 1. The molecule has 0 unspecified atom stereocenters. The highest BCUT2D eigenvalue weighted by Crippen LogP contribution is 2.34. The number of aromatic carboxylic acids is 1. The molecule has 0 aliphatic heterocycles. The summed E-state index contributed by atoms with van der Waals surface area (Å²) in [5, 5.41) is 15.9. The Morgan fingerprint density at radius 3 is 2.37 bits per heavy atom. The predicted molar refractivity (Wildman–Crippen MR) is 109 cm³/mol. The number of carbonyl (C=O) groups is 2. The summed E-state index contributed by atoms with van der Waals surface area (Å²) in [5.74, 6) is -0.938. The highest BCUT2D eigenvalue weighted by Gasteiger charge is 2.33. The molecular formula is C20H29BrN2O4. The lowest BCUT2D eigenvalue weighted by Crippen LogP contribution is -2.46. The lowest BCUT2D eigenvalue weighted by molar-refractivity contribution is 0.0486. The Bertz CT molecular complexity index is 719. The Morgan fingerprint density at radius 1 is 1.26 bits per heavy atom. The normalized spacial score (nSPS) is 22.8. The Hall–Kier alpha value is -1.76. The van der Waals surface area contributed by atoms with Crippen molar-refractivity contribution in [1.82, 2.24) is 5.32 Å². The first-order chi connectivity index (χ1) is 12.4. The predicted octanol–water partition coefficient (Wildman–Crippen LogP) is 5.09. The molecule has 6 nitrogen and oxygen atoms in total. The van der Waals surface area contributed by atoms with Crippen molar-refractivity contribution in [3.63, 3.8) is 0 Å². The molecule has 1 aromatic rings. The fraction of sp³-hybridized carbons (Fsp3) is 0.600. The maximum absolute atomic E-state index is 12.0. The van der Waals surface area contributed by atoms with Gasteiger partial charge >= 0.3 is 12.1 Å². The Balaban J connectivity index is 2.00. The molecule has 1 amide bonds. The smallest absolute Gasteiger partial charge is 0.407 e. The molecule has 0 saturated heterocycles. The van der Waals surface area contributed by atoms with Gasteiger partial charge in [0.15, 0.2) is 0 Å². The van der Waals surface area contributed by atoms with Crippen molar-refractivity contribution in [1.29, 1.82) is 0 Å². The van der Waals surface area contributed by atoms with Crippen LogP contribution >= 0.6 is 15.9 Å². The van der Waals surface area contributed by atoms with Crippen molar-refractivity contribution in [2.24, 2.45) is 0 Å². The van der Waals surface area contributed by atoms with Crippen LogP contribution in [-0.2, 0) is 4.74 Å². The minimum absolute atomic E-state index is 0.0907. The largest absolute Gasteiger partial charge is 0.478 e. The fourth-order valence-electron chi connectivity index (χ4n) is 3.35. The van der Waals surface area contributed by atoms with Crippen LogP contribution in [-0.4, -0.2) is 34.4 Å². The van der Waals surface area contributed by atoms with E-state index in [4.69, 9.17) is 4.74 Å². The number of benzene rings is 1. The zero-order valence-electron chi connectivity index (χ0n) is 16.6. The average molecular weight is 441 g/mol. The van der Waals surface area contributed by atoms with Gasteiger partial charge in [0.25, 0.3) is 0 Å². The molecule has 0 bridgehead atoms. The topological polar surface area (TPSA) is 87.7 Å². The standard InChI is InChI=1S/C20H29BrN2O4/c1-12-15(17(24)25)10-13(21)11-16(12)23-20(5)8-6-14(7-9-20)22-18(26)27-19(2,3)4/h10-11,14,23H,6-9H2,1-5H3,(H,22,26)(H,24,25). The third-order valence-corrected chi connectivity index (χ3v) is 5.31. The van der Waals surface area contributed by atoms with Gasteiger partial charge in [0.05, 0.1) is 5.56 Å². The fourth-order valence-corrected chi connectivity index (χ4v) is 3.81. The summed E-state index contributed by atoms with van der Waals surface area (Å²) in [6.07, 6.45) is 3.02. The number of carboxylic acid groups (broad SMARTS) is 1. The van der Waals surface area contributed by atoms with E-state index in [9.17, 15) is 14.7 Å². The second-order valence-electron chi connectivity index (χ2n) is 8.54. The zero-order chi connectivity index (χ0) is 20.4. The van der Waals surface area contributed by atoms with Crippen LogP contribution in [0, 0.1) is 6.92 Å². The second-order valence-corrected chi connectivity index (χ2v) is 9.45. The maximum atomic E-state index is 12.0. The number of rotatable bonds is 4. The number of hydrogen-bond acceptors (Lipinski definition) is 4. The van der Waals surface area contributed by atoms with E-state index in [2.05, 4.69) is 33.5 Å². The Morgan fingerprint density at radius 2 is 1.85 bits per heavy atom. The number of carboxylic acids is 1. The van der Waals surface area contributed by atoms with Crippen LogP contribution in [0.15, 0.2) is 16.6 Å². The van der Waals surface area contributed by atoms with E-state index in [-0.39, 0.29) is 23.2 Å². The van der Waals surface area contributed by atoms with Gasteiger partial charge in [-0.3, -0.25) is 0 Å². The second kappa shape index (κ2) is 8.09. The van der Waals surface area contributed by atoms with Gasteiger partial charge in [0, 0.05) is 21.7 Å². The van der Waals surface area contributed by atoms with Crippen LogP contribution < -0.4 is 10.6 Å². The molecule has 0 radical (unpaired) electrons. The van der Waals surface area contributed by atoms with E-state index < -0.39 is 11.6 Å². The van der Waals surface area contributed by atoms with Crippen LogP contribution in [0.2, 0.25) is 0 Å². The molecule has 7 heteroatoms. The summed E-state index contributed by atoms with van der Waals surface area (Å²) < 4.78 is 6.06. The number of halogens is 1. The van der Waals surface area contributed by atoms with Gasteiger partial charge < -0.3 is 20.5 Å². The first-order valence-electron chi connectivity index (χ1n) is 9.20. The number of ether oxygens (including phenoxy) is 1. The van der Waals surface area contributed by atoms with Crippen LogP contribution in [0.3, 0.4) is 0 Å². The third kappa shape index (κ3) is 6.13. The molecule has 27 heavy (non-hydrogen) atoms. The van der Waals surface area contributed by atoms with Gasteiger partial charge in [0.2, 0.25) is 0 Å². The number of nitrogens with one attached hydrogen (secondary N) is 2. The quantitative estimate of drug-likeness (QED) is 0.606. The minimum Gasteiger partial charge on any atom is -0.478 e.